The van der Waals surface area contributed by atoms with E-state index in [9.17, 15) is 9.18 Å². The molecule has 0 spiro atoms. The Morgan fingerprint density at radius 1 is 1.33 bits per heavy atom. The molecule has 2 heterocycles. The average molecular weight is 325 g/mol. The highest BCUT2D eigenvalue weighted by molar-refractivity contribution is 5.75. The van der Waals surface area contributed by atoms with Crippen molar-refractivity contribution in [2.75, 3.05) is 18.0 Å². The van der Waals surface area contributed by atoms with Crippen LogP contribution in [0.1, 0.15) is 28.8 Å². The Bertz CT molecular complexity index is 780. The van der Waals surface area contributed by atoms with E-state index >= 15 is 0 Å². The first-order valence-electron chi connectivity index (χ1n) is 7.72. The number of nitriles is 1. The number of hydrogen-bond donors (Lipinski definition) is 0. The number of aldehydes is 1. The van der Waals surface area contributed by atoms with Crippen LogP contribution in [0.4, 0.5) is 10.2 Å². The van der Waals surface area contributed by atoms with Gasteiger partial charge in [-0.3, -0.25) is 4.79 Å². The predicted octanol–water partition coefficient (Wildman–Crippen LogP) is 2.95. The number of benzene rings is 1. The fourth-order valence-electron chi connectivity index (χ4n) is 2.79. The third kappa shape index (κ3) is 3.35. The lowest BCUT2D eigenvalue weighted by Gasteiger charge is -2.33. The van der Waals surface area contributed by atoms with Crippen molar-refractivity contribution in [3.05, 3.63) is 53.5 Å². The van der Waals surface area contributed by atoms with Crippen molar-refractivity contribution < 1.29 is 13.9 Å². The summed E-state index contributed by atoms with van der Waals surface area (Å²) in [5.41, 5.74) is 0.834. The van der Waals surface area contributed by atoms with Crippen molar-refractivity contribution in [3.63, 3.8) is 0 Å². The molecule has 1 fully saturated rings. The van der Waals surface area contributed by atoms with Gasteiger partial charge < -0.3 is 9.64 Å². The third-order valence-electron chi connectivity index (χ3n) is 4.03. The van der Waals surface area contributed by atoms with E-state index < -0.39 is 5.82 Å². The molecule has 0 atom stereocenters. The zero-order chi connectivity index (χ0) is 16.9. The molecule has 0 bridgehead atoms. The SMILES string of the molecule is N#Cc1cccnc1N1CCC(Oc2ccc(C=O)cc2F)CC1. The first-order chi connectivity index (χ1) is 11.7. The molecule has 0 unspecified atom stereocenters. The van der Waals surface area contributed by atoms with Crippen LogP contribution < -0.4 is 9.64 Å². The first kappa shape index (κ1) is 15.9. The molecule has 0 radical (unpaired) electrons. The molecule has 0 amide bonds. The van der Waals surface area contributed by atoms with Crippen molar-refractivity contribution in [1.29, 1.82) is 5.26 Å². The largest absolute Gasteiger partial charge is 0.487 e. The van der Waals surface area contributed by atoms with Crippen LogP contribution in [-0.4, -0.2) is 30.5 Å². The number of halogens is 1. The second-order valence-corrected chi connectivity index (χ2v) is 5.60. The Morgan fingerprint density at radius 2 is 2.12 bits per heavy atom. The number of ether oxygens (including phenoxy) is 1. The summed E-state index contributed by atoms with van der Waals surface area (Å²) in [4.78, 5) is 17.0. The lowest BCUT2D eigenvalue weighted by molar-refractivity contribution is 0.112. The monoisotopic (exact) mass is 325 g/mol. The van der Waals surface area contributed by atoms with E-state index in [4.69, 9.17) is 10.00 Å². The molecule has 3 rings (SSSR count). The van der Waals surface area contributed by atoms with E-state index in [0.29, 0.717) is 43.6 Å². The minimum Gasteiger partial charge on any atom is -0.487 e. The Labute approximate surface area is 139 Å². The van der Waals surface area contributed by atoms with E-state index in [1.165, 1.54) is 18.2 Å². The highest BCUT2D eigenvalue weighted by atomic mass is 19.1. The highest BCUT2D eigenvalue weighted by Crippen LogP contribution is 2.25. The van der Waals surface area contributed by atoms with Crippen LogP contribution in [0.15, 0.2) is 36.5 Å². The fourth-order valence-corrected chi connectivity index (χ4v) is 2.79. The van der Waals surface area contributed by atoms with Crippen LogP contribution >= 0.6 is 0 Å². The van der Waals surface area contributed by atoms with E-state index in [-0.39, 0.29) is 17.4 Å². The molecular formula is C18H16FN3O2. The van der Waals surface area contributed by atoms with Crippen LogP contribution in [-0.2, 0) is 0 Å². The predicted molar refractivity (Wildman–Crippen MR) is 86.6 cm³/mol. The summed E-state index contributed by atoms with van der Waals surface area (Å²) < 4.78 is 19.6. The van der Waals surface area contributed by atoms with Crippen LogP contribution in [0.25, 0.3) is 0 Å². The zero-order valence-corrected chi connectivity index (χ0v) is 13.0. The summed E-state index contributed by atoms with van der Waals surface area (Å²) in [5, 5.41) is 9.16. The van der Waals surface area contributed by atoms with Crippen LogP contribution in [0.2, 0.25) is 0 Å². The molecule has 122 valence electrons. The van der Waals surface area contributed by atoms with E-state index in [1.54, 1.807) is 18.3 Å². The van der Waals surface area contributed by atoms with Crippen molar-refractivity contribution in [1.82, 2.24) is 4.98 Å². The van der Waals surface area contributed by atoms with Gasteiger partial charge in [0.15, 0.2) is 11.6 Å². The molecule has 0 saturated carbocycles. The standard InChI is InChI=1S/C18H16FN3O2/c19-16-10-13(12-23)3-4-17(16)24-15-5-8-22(9-6-15)18-14(11-20)2-1-7-21-18/h1-4,7,10,12,15H,5-6,8-9H2. The normalized spacial score (nSPS) is 14.9. The number of aromatic nitrogens is 1. The minimum absolute atomic E-state index is 0.105. The number of nitrogens with zero attached hydrogens (tertiary/aromatic N) is 3. The topological polar surface area (TPSA) is 66.2 Å². The smallest absolute Gasteiger partial charge is 0.165 e. The molecule has 5 nitrogen and oxygen atoms in total. The van der Waals surface area contributed by atoms with Gasteiger partial charge in [0.25, 0.3) is 0 Å². The summed E-state index contributed by atoms with van der Waals surface area (Å²) in [6.07, 6.45) is 3.58. The maximum Gasteiger partial charge on any atom is 0.165 e. The van der Waals surface area contributed by atoms with Gasteiger partial charge in [-0.1, -0.05) is 0 Å². The van der Waals surface area contributed by atoms with E-state index in [1.807, 2.05) is 4.90 Å². The zero-order valence-electron chi connectivity index (χ0n) is 13.0. The lowest BCUT2D eigenvalue weighted by Crippen LogP contribution is -2.39. The number of carbonyl (C=O) groups is 1. The van der Waals surface area contributed by atoms with E-state index in [0.717, 1.165) is 0 Å². The Kier molecular flexibility index (Phi) is 4.71. The minimum atomic E-state index is -0.529. The Balaban J connectivity index is 1.63. The quantitative estimate of drug-likeness (QED) is 0.809. The van der Waals surface area contributed by atoms with Gasteiger partial charge in [-0.05, 0) is 30.3 Å². The molecule has 24 heavy (non-hydrogen) atoms. The molecule has 1 aromatic carbocycles. The number of pyridine rings is 1. The first-order valence-corrected chi connectivity index (χ1v) is 7.72. The fraction of sp³-hybridized carbons (Fsp3) is 0.278. The molecule has 6 heteroatoms. The van der Waals surface area contributed by atoms with Gasteiger partial charge in [-0.25, -0.2) is 9.37 Å². The summed E-state index contributed by atoms with van der Waals surface area (Å²) in [5.74, 6) is 0.313. The molecule has 1 aliphatic rings. The molecule has 0 aliphatic carbocycles. The average Bonchev–Trinajstić information content (AvgIpc) is 2.64. The lowest BCUT2D eigenvalue weighted by atomic mass is 10.1. The van der Waals surface area contributed by atoms with Gasteiger partial charge in [0.2, 0.25) is 0 Å². The van der Waals surface area contributed by atoms with Gasteiger partial charge in [0.1, 0.15) is 24.3 Å². The van der Waals surface area contributed by atoms with Gasteiger partial charge in [-0.15, -0.1) is 0 Å². The van der Waals surface area contributed by atoms with Gasteiger partial charge >= 0.3 is 0 Å². The van der Waals surface area contributed by atoms with Crippen LogP contribution in [0.5, 0.6) is 5.75 Å². The molecule has 1 saturated heterocycles. The summed E-state index contributed by atoms with van der Waals surface area (Å²) in [7, 11) is 0. The van der Waals surface area contributed by atoms with E-state index in [2.05, 4.69) is 11.1 Å². The summed E-state index contributed by atoms with van der Waals surface area (Å²) in [6.45, 7) is 1.37. The third-order valence-corrected chi connectivity index (χ3v) is 4.03. The molecule has 1 aliphatic heterocycles. The van der Waals surface area contributed by atoms with Gasteiger partial charge in [0.05, 0.1) is 5.56 Å². The molecule has 0 N–H and O–H groups in total. The molecule has 2 aromatic rings. The maximum atomic E-state index is 13.9. The van der Waals surface area contributed by atoms with Crippen molar-refractivity contribution in [3.8, 4) is 11.8 Å². The highest BCUT2D eigenvalue weighted by Gasteiger charge is 2.23. The van der Waals surface area contributed by atoms with Gasteiger partial charge in [-0.2, -0.15) is 5.26 Å². The van der Waals surface area contributed by atoms with Crippen molar-refractivity contribution >= 4 is 12.1 Å². The Hall–Kier alpha value is -2.94. The number of anilines is 1. The number of rotatable bonds is 4. The maximum absolute atomic E-state index is 13.9. The number of hydrogen-bond acceptors (Lipinski definition) is 5. The Morgan fingerprint density at radius 3 is 2.79 bits per heavy atom. The molecule has 1 aromatic heterocycles. The summed E-state index contributed by atoms with van der Waals surface area (Å²) >= 11 is 0. The van der Waals surface area contributed by atoms with Crippen molar-refractivity contribution in [2.24, 2.45) is 0 Å². The van der Waals surface area contributed by atoms with Crippen LogP contribution in [0.3, 0.4) is 0 Å². The van der Waals surface area contributed by atoms with Gasteiger partial charge in [0, 0.05) is 37.7 Å². The second kappa shape index (κ2) is 7.09. The van der Waals surface area contributed by atoms with Crippen LogP contribution in [0, 0.1) is 17.1 Å². The number of carbonyl (C=O) groups excluding carboxylic acids is 1. The number of piperidine rings is 1. The van der Waals surface area contributed by atoms with Crippen molar-refractivity contribution in [2.45, 2.75) is 18.9 Å². The summed E-state index contributed by atoms with van der Waals surface area (Å²) in [6, 6.07) is 9.82. The molecular weight excluding hydrogens is 309 g/mol. The second-order valence-electron chi connectivity index (χ2n) is 5.60.